The van der Waals surface area contributed by atoms with Crippen LogP contribution in [-0.2, 0) is 9.53 Å². The fraction of sp³-hybridized carbons (Fsp3) is 0.619. The van der Waals surface area contributed by atoms with Gasteiger partial charge in [0.2, 0.25) is 0 Å². The molecule has 1 aliphatic carbocycles. The second-order valence-electron chi connectivity index (χ2n) is 8.66. The molecule has 2 aliphatic rings. The van der Waals surface area contributed by atoms with E-state index >= 15 is 0 Å². The number of aliphatic hydroxyl groups excluding tert-OH is 1. The van der Waals surface area contributed by atoms with E-state index < -0.39 is 17.5 Å². The Morgan fingerprint density at radius 2 is 1.86 bits per heavy atom. The van der Waals surface area contributed by atoms with Crippen LogP contribution in [-0.4, -0.2) is 59.1 Å². The highest BCUT2D eigenvalue weighted by Gasteiger charge is 2.52. The van der Waals surface area contributed by atoms with Gasteiger partial charge in [-0.2, -0.15) is 0 Å². The van der Waals surface area contributed by atoms with E-state index in [0.717, 1.165) is 12.0 Å². The quantitative estimate of drug-likeness (QED) is 0.801. The molecule has 1 amide bonds. The highest BCUT2D eigenvalue weighted by Crippen LogP contribution is 2.51. The van der Waals surface area contributed by atoms with E-state index in [4.69, 9.17) is 14.6 Å². The van der Waals surface area contributed by atoms with Crippen molar-refractivity contribution in [3.8, 4) is 5.75 Å². The summed E-state index contributed by atoms with van der Waals surface area (Å²) in [6.45, 7) is 6.61. The highest BCUT2D eigenvalue weighted by molar-refractivity contribution is 5.74. The highest BCUT2D eigenvalue weighted by atomic mass is 16.6. The first-order valence-electron chi connectivity index (χ1n) is 9.74. The Kier molecular flexibility index (Phi) is 5.84. The molecule has 7 nitrogen and oxygen atoms in total. The van der Waals surface area contributed by atoms with Crippen LogP contribution in [0.2, 0.25) is 0 Å². The van der Waals surface area contributed by atoms with Gasteiger partial charge in [-0.05, 0) is 62.6 Å². The van der Waals surface area contributed by atoms with E-state index in [0.29, 0.717) is 18.8 Å². The summed E-state index contributed by atoms with van der Waals surface area (Å²) in [5.74, 6) is -0.686. The third-order valence-electron chi connectivity index (χ3n) is 5.55. The Morgan fingerprint density at radius 1 is 1.18 bits per heavy atom. The molecule has 4 atom stereocenters. The maximum absolute atomic E-state index is 12.4. The molecular formula is C21H29NO6. The zero-order valence-corrected chi connectivity index (χ0v) is 16.6. The number of aliphatic hydroxyl groups is 1. The Bertz CT molecular complexity index is 711. The molecule has 3 rings (SSSR count). The van der Waals surface area contributed by atoms with Crippen molar-refractivity contribution in [1.29, 1.82) is 0 Å². The van der Waals surface area contributed by atoms with Crippen molar-refractivity contribution in [3.05, 3.63) is 29.8 Å². The Balaban J connectivity index is 1.71. The number of hydrogen-bond acceptors (Lipinski definition) is 5. The number of carboxylic acid groups (broad SMARTS) is 1. The summed E-state index contributed by atoms with van der Waals surface area (Å²) in [7, 11) is 0. The van der Waals surface area contributed by atoms with Crippen molar-refractivity contribution in [2.24, 2.45) is 17.8 Å². The fourth-order valence-corrected chi connectivity index (χ4v) is 4.47. The van der Waals surface area contributed by atoms with Gasteiger partial charge in [0.25, 0.3) is 0 Å². The number of amides is 1. The molecule has 1 saturated heterocycles. The van der Waals surface area contributed by atoms with E-state index in [9.17, 15) is 14.7 Å². The number of aliphatic carboxylic acids is 1. The van der Waals surface area contributed by atoms with E-state index in [-0.39, 0.29) is 37.1 Å². The summed E-state index contributed by atoms with van der Waals surface area (Å²) in [4.78, 5) is 26.1. The first kappa shape index (κ1) is 20.5. The summed E-state index contributed by atoms with van der Waals surface area (Å²) in [6.07, 6.45) is 0.366. The van der Waals surface area contributed by atoms with E-state index in [1.54, 1.807) is 4.90 Å². The number of benzene rings is 1. The molecule has 1 saturated carbocycles. The lowest BCUT2D eigenvalue weighted by Gasteiger charge is -2.26. The number of nitrogens with zero attached hydrogens (tertiary/aromatic N) is 1. The van der Waals surface area contributed by atoms with Gasteiger partial charge in [0.15, 0.2) is 0 Å². The number of carbonyl (C=O) groups excluding carboxylic acids is 1. The summed E-state index contributed by atoms with van der Waals surface area (Å²) in [5.41, 5.74) is 0.408. The number of rotatable bonds is 5. The zero-order chi connectivity index (χ0) is 20.5. The van der Waals surface area contributed by atoms with Gasteiger partial charge in [-0.3, -0.25) is 4.79 Å². The first-order chi connectivity index (χ1) is 13.2. The SMILES string of the molecule is CC(C)(C)OC(=O)N1C[C@H]2C[C@H](c3ccc(OCCO)cc3)[C@H](C(=O)O)[C@H]2C1. The van der Waals surface area contributed by atoms with Crippen LogP contribution >= 0.6 is 0 Å². The van der Waals surface area contributed by atoms with Gasteiger partial charge >= 0.3 is 12.1 Å². The lowest BCUT2D eigenvalue weighted by Crippen LogP contribution is -2.37. The molecule has 0 radical (unpaired) electrons. The number of hydrogen-bond donors (Lipinski definition) is 2. The summed E-state index contributed by atoms with van der Waals surface area (Å²) in [6, 6.07) is 7.43. The molecule has 7 heteroatoms. The second-order valence-corrected chi connectivity index (χ2v) is 8.66. The molecule has 2 N–H and O–H groups in total. The van der Waals surface area contributed by atoms with Crippen LogP contribution in [0.15, 0.2) is 24.3 Å². The van der Waals surface area contributed by atoms with Crippen molar-refractivity contribution in [2.45, 2.75) is 38.7 Å². The minimum absolute atomic E-state index is 0.0526. The van der Waals surface area contributed by atoms with Crippen LogP contribution in [0, 0.1) is 17.8 Å². The molecule has 0 spiro atoms. The van der Waals surface area contributed by atoms with Crippen molar-refractivity contribution in [2.75, 3.05) is 26.3 Å². The molecule has 0 bridgehead atoms. The third kappa shape index (κ3) is 4.41. The lowest BCUT2D eigenvalue weighted by atomic mass is 9.84. The predicted octanol–water partition coefficient (Wildman–Crippen LogP) is 2.73. The van der Waals surface area contributed by atoms with E-state index in [1.807, 2.05) is 45.0 Å². The Hall–Kier alpha value is -2.28. The minimum atomic E-state index is -0.816. The maximum atomic E-state index is 12.4. The summed E-state index contributed by atoms with van der Waals surface area (Å²) in [5, 5.41) is 18.7. The molecular weight excluding hydrogens is 362 g/mol. The average molecular weight is 391 g/mol. The molecule has 1 aromatic carbocycles. The van der Waals surface area contributed by atoms with Gasteiger partial charge in [0, 0.05) is 13.1 Å². The van der Waals surface area contributed by atoms with Crippen LogP contribution in [0.25, 0.3) is 0 Å². The molecule has 28 heavy (non-hydrogen) atoms. The van der Waals surface area contributed by atoms with Gasteiger partial charge in [-0.1, -0.05) is 12.1 Å². The number of ether oxygens (including phenoxy) is 2. The molecule has 0 unspecified atom stereocenters. The van der Waals surface area contributed by atoms with Crippen LogP contribution in [0.3, 0.4) is 0 Å². The largest absolute Gasteiger partial charge is 0.491 e. The van der Waals surface area contributed by atoms with Crippen molar-refractivity contribution < 1.29 is 29.3 Å². The molecule has 1 aromatic rings. The number of likely N-dealkylation sites (tertiary alicyclic amines) is 1. The molecule has 2 fully saturated rings. The standard InChI is InChI=1S/C21H29NO6/c1-21(2,3)28-20(26)22-11-14-10-16(18(19(24)25)17(14)12-22)13-4-6-15(7-5-13)27-9-8-23/h4-7,14,16-18,23H,8-12H2,1-3H3,(H,24,25)/t14-,16-,17+,18+/m1/s1. The molecule has 0 aromatic heterocycles. The summed E-state index contributed by atoms with van der Waals surface area (Å²) < 4.78 is 10.8. The van der Waals surface area contributed by atoms with Gasteiger partial charge < -0.3 is 24.6 Å². The number of carboxylic acids is 1. The van der Waals surface area contributed by atoms with Crippen molar-refractivity contribution in [1.82, 2.24) is 4.90 Å². The van der Waals surface area contributed by atoms with Crippen LogP contribution in [0.1, 0.15) is 38.7 Å². The Morgan fingerprint density at radius 3 is 2.43 bits per heavy atom. The second kappa shape index (κ2) is 7.99. The monoisotopic (exact) mass is 391 g/mol. The van der Waals surface area contributed by atoms with E-state index in [2.05, 4.69) is 0 Å². The summed E-state index contributed by atoms with van der Waals surface area (Å²) >= 11 is 0. The van der Waals surface area contributed by atoms with Gasteiger partial charge in [0.1, 0.15) is 18.0 Å². The van der Waals surface area contributed by atoms with Crippen LogP contribution in [0.5, 0.6) is 5.75 Å². The molecule has 154 valence electrons. The average Bonchev–Trinajstić information content (AvgIpc) is 3.16. The number of fused-ring (bicyclic) bond motifs is 1. The van der Waals surface area contributed by atoms with Gasteiger partial charge in [-0.15, -0.1) is 0 Å². The normalized spacial score (nSPS) is 26.8. The first-order valence-corrected chi connectivity index (χ1v) is 9.74. The van der Waals surface area contributed by atoms with Crippen molar-refractivity contribution >= 4 is 12.1 Å². The minimum Gasteiger partial charge on any atom is -0.491 e. The molecule has 1 aliphatic heterocycles. The van der Waals surface area contributed by atoms with Crippen molar-refractivity contribution in [3.63, 3.8) is 0 Å². The lowest BCUT2D eigenvalue weighted by molar-refractivity contribution is -0.143. The Labute approximate surface area is 165 Å². The van der Waals surface area contributed by atoms with Crippen LogP contribution in [0.4, 0.5) is 4.79 Å². The smallest absolute Gasteiger partial charge is 0.410 e. The predicted molar refractivity (Wildman–Crippen MR) is 102 cm³/mol. The van der Waals surface area contributed by atoms with Crippen LogP contribution < -0.4 is 4.74 Å². The fourth-order valence-electron chi connectivity index (χ4n) is 4.47. The topological polar surface area (TPSA) is 96.3 Å². The van der Waals surface area contributed by atoms with Gasteiger partial charge in [-0.25, -0.2) is 4.79 Å². The van der Waals surface area contributed by atoms with Gasteiger partial charge in [0.05, 0.1) is 12.5 Å². The third-order valence-corrected chi connectivity index (χ3v) is 5.55. The maximum Gasteiger partial charge on any atom is 0.410 e. The molecule has 1 heterocycles. The number of carbonyl (C=O) groups is 2. The zero-order valence-electron chi connectivity index (χ0n) is 16.6. The van der Waals surface area contributed by atoms with E-state index in [1.165, 1.54) is 0 Å².